The molecule has 540 valence electrons. The molecule has 0 spiro atoms. The maximum Gasteiger partial charge on any atom is 0.474 e. The zero-order chi connectivity index (χ0) is 71.5. The predicted molar refractivity (Wildman–Crippen MR) is 331 cm³/mol. The summed E-state index contributed by atoms with van der Waals surface area (Å²) in [4.78, 5) is 140. The van der Waals surface area contributed by atoms with E-state index in [2.05, 4.69) is 67.3 Å². The van der Waals surface area contributed by atoms with Gasteiger partial charge in [0.25, 0.3) is 0 Å². The number of phosphoric acid groups is 2. The highest BCUT2D eigenvalue weighted by molar-refractivity contribution is 7.47. The van der Waals surface area contributed by atoms with E-state index in [1.807, 2.05) is 33.9 Å². The molecule has 0 radical (unpaired) electrons. The fraction of sp³-hybridized carbons (Fsp3) is 0.839. The number of carbonyl (C=O) groups is 9. The van der Waals surface area contributed by atoms with Gasteiger partial charge in [0, 0.05) is 68.9 Å². The van der Waals surface area contributed by atoms with Gasteiger partial charge >= 0.3 is 51.5 Å². The molecule has 0 aromatic carbocycles. The van der Waals surface area contributed by atoms with E-state index in [1.165, 1.54) is 39.3 Å². The number of hydrogen-bond donors (Lipinski definition) is 6. The minimum absolute atomic E-state index is 0.0863. The number of nitrogens with one attached hydrogen (secondary N) is 3. The molecule has 0 aromatic rings. The van der Waals surface area contributed by atoms with Crippen LogP contribution < -0.4 is 21.7 Å². The first kappa shape index (κ1) is 86.4. The van der Waals surface area contributed by atoms with Gasteiger partial charge in [-0.15, -0.1) is 0 Å². The van der Waals surface area contributed by atoms with Crippen molar-refractivity contribution >= 4 is 77.5 Å². The van der Waals surface area contributed by atoms with Gasteiger partial charge < -0.3 is 93.1 Å². The lowest BCUT2D eigenvalue weighted by molar-refractivity contribution is -0.277. The molecule has 3 amide bonds. The van der Waals surface area contributed by atoms with E-state index in [0.29, 0.717) is 0 Å². The third-order valence-corrected chi connectivity index (χ3v) is 21.0. The fourth-order valence-electron chi connectivity index (χ4n) is 9.29. The SMILES string of the molecule is CC(=O)N[C@@H]1[C@@H](OP(=O)(O)OC[C@H]2O[C@H](OP(=O)(O)OC[C@H]3O[C@H](OCCN)[C@@H](NC(C)=O)[C@@H](OC(C)=O)[C@@H]3OC(C)=O)[C@@H](NC(C)=O)[C@@H](OC(C)=O)[C@@H]2OC(C)=O)O[C@H](CO[Si](C)(C)C(C)(C)C)[C@@H](OC(C)=O)[C@@H]1OC(C)=O.CCN(CC)CC.CCN(CC)CC. The minimum atomic E-state index is -5.67. The van der Waals surface area contributed by atoms with Crippen LogP contribution >= 0.6 is 15.6 Å². The maximum atomic E-state index is 14.1. The van der Waals surface area contributed by atoms with Crippen LogP contribution in [0.3, 0.4) is 0 Å². The maximum absolute atomic E-state index is 14.1. The molecule has 3 saturated heterocycles. The van der Waals surface area contributed by atoms with E-state index >= 15 is 0 Å². The van der Waals surface area contributed by atoms with E-state index in [0.717, 1.165) is 62.3 Å². The highest BCUT2D eigenvalue weighted by Gasteiger charge is 2.57. The third-order valence-electron chi connectivity index (χ3n) is 14.6. The fourth-order valence-corrected chi connectivity index (χ4v) is 12.0. The van der Waals surface area contributed by atoms with Gasteiger partial charge in [0.05, 0.1) is 26.4 Å². The molecule has 3 rings (SSSR count). The minimum Gasteiger partial charge on any atom is -0.456 e. The van der Waals surface area contributed by atoms with Gasteiger partial charge in [-0.3, -0.25) is 61.2 Å². The van der Waals surface area contributed by atoms with Crippen molar-refractivity contribution in [1.82, 2.24) is 25.8 Å². The van der Waals surface area contributed by atoms with Crippen molar-refractivity contribution in [2.75, 3.05) is 72.2 Å². The lowest BCUT2D eigenvalue weighted by Gasteiger charge is -2.46. The number of carbonyl (C=O) groups excluding carboxylic acids is 9. The molecule has 93 heavy (non-hydrogen) atoms. The second-order valence-corrected chi connectivity index (χ2v) is 30.6. The molecule has 3 heterocycles. The average Bonchev–Trinajstić information content (AvgIpc) is 0.795. The van der Waals surface area contributed by atoms with Crippen LogP contribution in [0.1, 0.15) is 125 Å². The number of hydrogen-bond acceptors (Lipinski definition) is 29. The normalized spacial score (nSPS) is 27.6. The van der Waals surface area contributed by atoms with E-state index < -0.39 is 183 Å². The highest BCUT2D eigenvalue weighted by Crippen LogP contribution is 2.50. The second-order valence-electron chi connectivity index (χ2n) is 23.0. The van der Waals surface area contributed by atoms with Gasteiger partial charge in [0.1, 0.15) is 36.4 Å². The van der Waals surface area contributed by atoms with Gasteiger partial charge in [-0.1, -0.05) is 62.3 Å². The Hall–Kier alpha value is -4.65. The Morgan fingerprint density at radius 2 is 0.720 bits per heavy atom. The van der Waals surface area contributed by atoms with E-state index in [-0.39, 0.29) is 24.8 Å². The van der Waals surface area contributed by atoms with Crippen molar-refractivity contribution in [3.8, 4) is 0 Å². The molecule has 17 atom stereocenters. The highest BCUT2D eigenvalue weighted by atomic mass is 31.2. The van der Waals surface area contributed by atoms with Crippen molar-refractivity contribution in [1.29, 1.82) is 0 Å². The summed E-state index contributed by atoms with van der Waals surface area (Å²) in [5, 5.41) is 6.83. The number of nitrogens with two attached hydrogens (primary N) is 1. The van der Waals surface area contributed by atoms with E-state index in [9.17, 15) is 62.1 Å². The zero-order valence-corrected chi connectivity index (χ0v) is 60.1. The van der Waals surface area contributed by atoms with Crippen LogP contribution in [0.15, 0.2) is 0 Å². The Kier molecular flexibility index (Phi) is 37.9. The summed E-state index contributed by atoms with van der Waals surface area (Å²) in [5.74, 6) is -8.34. The van der Waals surface area contributed by atoms with Gasteiger partial charge in [-0.05, 0) is 57.4 Å². The Morgan fingerprint density at radius 3 is 0.957 bits per heavy atom. The second kappa shape index (κ2) is 40.8. The summed E-state index contributed by atoms with van der Waals surface area (Å²) in [6, 6.07) is -4.98. The van der Waals surface area contributed by atoms with E-state index in [4.69, 9.17) is 75.6 Å². The predicted octanol–water partition coefficient (Wildman–Crippen LogP) is 2.23. The van der Waals surface area contributed by atoms with Crippen LogP contribution in [0.25, 0.3) is 0 Å². The monoisotopic (exact) mass is 1400 g/mol. The van der Waals surface area contributed by atoms with Crippen molar-refractivity contribution < 1.29 is 132 Å². The number of amides is 3. The summed E-state index contributed by atoms with van der Waals surface area (Å²) in [7, 11) is -14.0. The smallest absolute Gasteiger partial charge is 0.456 e. The largest absolute Gasteiger partial charge is 0.474 e. The van der Waals surface area contributed by atoms with Crippen LogP contribution in [0, 0.1) is 0 Å². The number of rotatable bonds is 31. The molecule has 34 nitrogen and oxygen atoms in total. The standard InChI is InChI=1S/C44H74N4O28P2Si.2C6H15N/c1-20(49)46-32-38(69-26(7)55)35(66-23(4)52)29(72-41(32)62-16-15-45)17-63-77(58,59)75-42-33(47-21(2)50)39(70-27(8)56)36(67-24(5)53)30(73-42)18-64-78(60,61)76-43-34(48-22(3)51)40(71-28(9)57)37(68-25(6)54)31(74-43)19-65-79(13,14)44(10,11)12;2*1-4-7(5-2)6-3/h29-43H,15-19,45H2,1-14H3,(H,46,49)(H,47,50)(H,48,51)(H,58,59)(H,60,61);2*4-6H2,1-3H3/t29-,30-,31-,32+,33+,34+,35-,36-,37-,38-,39-,40-,41+,42-,43-;;/m1../s1. The Morgan fingerprint density at radius 1 is 0.462 bits per heavy atom. The van der Waals surface area contributed by atoms with Crippen molar-refractivity contribution in [2.45, 2.75) is 235 Å². The Labute approximate surface area is 546 Å². The molecule has 3 fully saturated rings. The molecule has 37 heteroatoms. The van der Waals surface area contributed by atoms with Crippen molar-refractivity contribution in [3.63, 3.8) is 0 Å². The lowest BCUT2D eigenvalue weighted by atomic mass is 9.96. The van der Waals surface area contributed by atoms with Crippen LogP contribution in [0.4, 0.5) is 0 Å². The number of ether oxygens (including phenoxy) is 10. The topological polar surface area (TPSA) is 435 Å². The van der Waals surface area contributed by atoms with Gasteiger partial charge in [0.15, 0.2) is 63.8 Å². The van der Waals surface area contributed by atoms with E-state index in [1.54, 1.807) is 0 Å². The zero-order valence-electron chi connectivity index (χ0n) is 57.3. The average molecular weight is 1400 g/mol. The molecule has 0 aliphatic carbocycles. The van der Waals surface area contributed by atoms with Crippen LogP contribution in [0.5, 0.6) is 0 Å². The number of phosphoric ester groups is 2. The van der Waals surface area contributed by atoms with Gasteiger partial charge in [0.2, 0.25) is 17.7 Å². The molecule has 0 aromatic heterocycles. The van der Waals surface area contributed by atoms with Gasteiger partial charge in [-0.25, -0.2) is 9.13 Å². The van der Waals surface area contributed by atoms with Crippen molar-refractivity contribution in [3.05, 3.63) is 0 Å². The molecule has 0 saturated carbocycles. The first-order valence-electron chi connectivity index (χ1n) is 30.6. The number of esters is 6. The van der Waals surface area contributed by atoms with Gasteiger partial charge in [-0.2, -0.15) is 0 Å². The molecular formula is C56H104N6O28P2Si. The summed E-state index contributed by atoms with van der Waals surface area (Å²) >= 11 is 0. The molecular weight excluding hydrogens is 1290 g/mol. The summed E-state index contributed by atoms with van der Waals surface area (Å²) in [6.45, 7) is 35.7. The first-order valence-corrected chi connectivity index (χ1v) is 36.5. The molecule has 3 aliphatic rings. The van der Waals surface area contributed by atoms with Crippen LogP contribution in [-0.4, -0.2) is 246 Å². The number of nitrogens with zero attached hydrogens (tertiary/aromatic N) is 2. The molecule has 2 unspecified atom stereocenters. The summed E-state index contributed by atoms with van der Waals surface area (Å²) < 4.78 is 112. The quantitative estimate of drug-likeness (QED) is 0.0251. The first-order chi connectivity index (χ1) is 43.1. The molecule has 0 bridgehead atoms. The molecule has 7 N–H and O–H groups in total. The van der Waals surface area contributed by atoms with Crippen LogP contribution in [-0.2, 0) is 122 Å². The summed E-state index contributed by atoms with van der Waals surface area (Å²) in [6.07, 6.45) is -21.4. The lowest BCUT2D eigenvalue weighted by Crippen LogP contribution is -2.67. The third kappa shape index (κ3) is 30.5. The molecule has 3 aliphatic heterocycles. The van der Waals surface area contributed by atoms with Crippen molar-refractivity contribution in [2.24, 2.45) is 5.73 Å². The summed E-state index contributed by atoms with van der Waals surface area (Å²) in [5.41, 5.74) is 5.62. The van der Waals surface area contributed by atoms with Crippen LogP contribution in [0.2, 0.25) is 18.1 Å². The Bertz CT molecular complexity index is 2490. The Balaban J connectivity index is 0.00000276.